The second-order valence-electron chi connectivity index (χ2n) is 9.31. The minimum atomic E-state index is -4.11. The molecule has 9 heteroatoms. The van der Waals surface area contributed by atoms with Crippen LogP contribution >= 0.6 is 0 Å². The first kappa shape index (κ1) is 30.8. The van der Waals surface area contributed by atoms with Crippen LogP contribution in [-0.4, -0.2) is 43.8 Å². The molecule has 0 aliphatic heterocycles. The molecule has 2 rings (SSSR count). The van der Waals surface area contributed by atoms with Gasteiger partial charge in [-0.25, -0.2) is 17.2 Å². The minimum Gasteiger partial charge on any atom is -0.465 e. The van der Waals surface area contributed by atoms with Crippen molar-refractivity contribution in [1.82, 2.24) is 3.97 Å². The number of hydrogen-bond acceptors (Lipinski definition) is 7. The Bertz CT molecular complexity index is 1280. The van der Waals surface area contributed by atoms with Crippen molar-refractivity contribution in [2.75, 3.05) is 13.7 Å². The number of allylic oxidation sites excluding steroid dienone is 2. The molecule has 38 heavy (non-hydrogen) atoms. The smallest absolute Gasteiger partial charge is 0.341 e. The number of carbonyl (C=O) groups is 3. The summed E-state index contributed by atoms with van der Waals surface area (Å²) in [7, 11) is -2.93. The summed E-state index contributed by atoms with van der Waals surface area (Å²) in [6, 6.07) is 9.50. The van der Waals surface area contributed by atoms with Gasteiger partial charge in [0.25, 0.3) is 10.0 Å². The maximum Gasteiger partial charge on any atom is 0.341 e. The Labute approximate surface area is 225 Å². The van der Waals surface area contributed by atoms with Crippen molar-refractivity contribution in [2.24, 2.45) is 5.92 Å². The summed E-state index contributed by atoms with van der Waals surface area (Å²) in [5, 5.41) is 0. The van der Waals surface area contributed by atoms with Gasteiger partial charge in [-0.15, -0.1) is 0 Å². The average Bonchev–Trinajstić information content (AvgIpc) is 3.30. The van der Waals surface area contributed by atoms with Crippen LogP contribution in [0.15, 0.2) is 65.1 Å². The molecule has 0 fully saturated rings. The Morgan fingerprint density at radius 3 is 2.26 bits per heavy atom. The summed E-state index contributed by atoms with van der Waals surface area (Å²) in [5.74, 6) is -1.97. The zero-order valence-corrected chi connectivity index (χ0v) is 23.5. The van der Waals surface area contributed by atoms with Gasteiger partial charge in [0.05, 0.1) is 12.0 Å². The summed E-state index contributed by atoms with van der Waals surface area (Å²) >= 11 is 0. The van der Waals surface area contributed by atoms with Crippen LogP contribution in [0.3, 0.4) is 0 Å². The van der Waals surface area contributed by atoms with E-state index in [9.17, 15) is 22.8 Å². The van der Waals surface area contributed by atoms with Crippen LogP contribution in [0.2, 0.25) is 0 Å². The highest BCUT2D eigenvalue weighted by atomic mass is 32.2. The normalized spacial score (nSPS) is 12.2. The van der Waals surface area contributed by atoms with Gasteiger partial charge in [-0.05, 0) is 62.8 Å². The third kappa shape index (κ3) is 8.55. The average molecular weight is 544 g/mol. The van der Waals surface area contributed by atoms with Gasteiger partial charge in [-0.3, -0.25) is 9.59 Å². The summed E-state index contributed by atoms with van der Waals surface area (Å²) in [6.45, 7) is 7.09. The molecule has 1 heterocycles. The summed E-state index contributed by atoms with van der Waals surface area (Å²) in [4.78, 5) is 36.7. The van der Waals surface area contributed by atoms with Gasteiger partial charge in [0.2, 0.25) is 5.78 Å². The number of aryl methyl sites for hydroxylation is 2. The zero-order chi connectivity index (χ0) is 28.3. The van der Waals surface area contributed by atoms with E-state index in [1.165, 1.54) is 38.3 Å². The molecule has 0 N–H and O–H groups in total. The highest BCUT2D eigenvalue weighted by Crippen LogP contribution is 2.25. The van der Waals surface area contributed by atoms with Gasteiger partial charge in [0.1, 0.15) is 17.9 Å². The van der Waals surface area contributed by atoms with Crippen molar-refractivity contribution in [3.63, 3.8) is 0 Å². The molecule has 1 aromatic carbocycles. The third-order valence-corrected chi connectivity index (χ3v) is 7.49. The standard InChI is InChI=1S/C29H37NO7S/c1-21(2)20-26(29(33)36-5)28(32)27-18-15-24(12-10-8-6-7-9-11-19-37-23(4)31)30(27)38(34,35)25-16-13-22(3)14-17-25/h9,11,13-18,20-21H,6-8,10,12,19H2,1-5H3/b11-9+,26-20+. The Balaban J connectivity index is 2.34. The molecule has 0 atom stereocenters. The van der Waals surface area contributed by atoms with E-state index < -0.39 is 21.8 Å². The van der Waals surface area contributed by atoms with Crippen molar-refractivity contribution in [3.8, 4) is 0 Å². The van der Waals surface area contributed by atoms with Crippen molar-refractivity contribution >= 4 is 27.7 Å². The number of esters is 2. The number of benzene rings is 1. The quantitative estimate of drug-likeness (QED) is 0.0613. The molecule has 0 saturated heterocycles. The number of Topliss-reactive ketones (excluding diaryl/α,β-unsaturated/α-hetero) is 1. The number of rotatable bonds is 14. The second-order valence-corrected chi connectivity index (χ2v) is 11.1. The largest absolute Gasteiger partial charge is 0.465 e. The summed E-state index contributed by atoms with van der Waals surface area (Å²) in [6.07, 6.45) is 8.85. The lowest BCUT2D eigenvalue weighted by Crippen LogP contribution is -2.24. The van der Waals surface area contributed by atoms with Crippen LogP contribution in [-0.2, 0) is 35.5 Å². The van der Waals surface area contributed by atoms with E-state index in [4.69, 9.17) is 9.47 Å². The molecule has 0 aliphatic rings. The number of aromatic nitrogens is 1. The Morgan fingerprint density at radius 2 is 1.66 bits per heavy atom. The highest BCUT2D eigenvalue weighted by molar-refractivity contribution is 7.90. The fourth-order valence-corrected chi connectivity index (χ4v) is 5.39. The molecule has 2 aromatic rings. The van der Waals surface area contributed by atoms with E-state index in [1.807, 2.05) is 26.8 Å². The zero-order valence-electron chi connectivity index (χ0n) is 22.7. The SMILES string of the molecule is COC(=O)/C(=C/C(C)C)C(=O)c1ccc(CCCCC/C=C/COC(C)=O)n1S(=O)(=O)c1ccc(C)cc1. The van der Waals surface area contributed by atoms with Gasteiger partial charge in [0, 0.05) is 12.6 Å². The van der Waals surface area contributed by atoms with E-state index in [-0.39, 0.29) is 34.7 Å². The first-order valence-electron chi connectivity index (χ1n) is 12.6. The molecule has 8 nitrogen and oxygen atoms in total. The first-order chi connectivity index (χ1) is 18.0. The number of nitrogens with zero attached hydrogens (tertiary/aromatic N) is 1. The number of ketones is 1. The number of ether oxygens (including phenoxy) is 2. The lowest BCUT2D eigenvalue weighted by molar-refractivity contribution is -0.139. The van der Waals surface area contributed by atoms with E-state index in [1.54, 1.807) is 24.3 Å². The molecule has 0 radical (unpaired) electrons. The molecule has 206 valence electrons. The Kier molecular flexibility index (Phi) is 11.7. The van der Waals surface area contributed by atoms with Crippen LogP contribution in [0.25, 0.3) is 0 Å². The molecule has 0 unspecified atom stereocenters. The van der Waals surface area contributed by atoms with E-state index >= 15 is 0 Å². The molecule has 0 bridgehead atoms. The fraction of sp³-hybridized carbons (Fsp3) is 0.414. The molecule has 0 saturated carbocycles. The third-order valence-electron chi connectivity index (χ3n) is 5.71. The van der Waals surface area contributed by atoms with Crippen molar-refractivity contribution < 1.29 is 32.3 Å². The predicted molar refractivity (Wildman–Crippen MR) is 145 cm³/mol. The van der Waals surface area contributed by atoms with E-state index in [0.29, 0.717) is 18.5 Å². The van der Waals surface area contributed by atoms with Crippen LogP contribution in [0.1, 0.15) is 68.2 Å². The molecule has 0 aliphatic carbocycles. The van der Waals surface area contributed by atoms with Crippen molar-refractivity contribution in [2.45, 2.75) is 64.7 Å². The van der Waals surface area contributed by atoms with E-state index in [0.717, 1.165) is 28.8 Å². The summed E-state index contributed by atoms with van der Waals surface area (Å²) < 4.78 is 38.2. The monoisotopic (exact) mass is 543 g/mol. The van der Waals surface area contributed by atoms with Crippen LogP contribution in [0.5, 0.6) is 0 Å². The topological polar surface area (TPSA) is 109 Å². The Hall–Kier alpha value is -3.46. The van der Waals surface area contributed by atoms with Crippen molar-refractivity contribution in [1.29, 1.82) is 0 Å². The van der Waals surface area contributed by atoms with Gasteiger partial charge in [-0.1, -0.05) is 56.2 Å². The fourth-order valence-electron chi connectivity index (χ4n) is 3.83. The van der Waals surface area contributed by atoms with Crippen LogP contribution in [0, 0.1) is 12.8 Å². The van der Waals surface area contributed by atoms with Gasteiger partial charge in [-0.2, -0.15) is 0 Å². The number of unbranched alkanes of at least 4 members (excludes halogenated alkanes) is 3. The van der Waals surface area contributed by atoms with Gasteiger partial charge >= 0.3 is 11.9 Å². The molecule has 1 aromatic heterocycles. The predicted octanol–water partition coefficient (Wildman–Crippen LogP) is 5.19. The van der Waals surface area contributed by atoms with Crippen molar-refractivity contribution in [3.05, 3.63) is 77.2 Å². The highest BCUT2D eigenvalue weighted by Gasteiger charge is 2.30. The molecule has 0 amide bonds. The maximum absolute atomic E-state index is 13.8. The van der Waals surface area contributed by atoms with Crippen LogP contribution < -0.4 is 0 Å². The number of hydrogen-bond donors (Lipinski definition) is 0. The lowest BCUT2D eigenvalue weighted by Gasteiger charge is -2.15. The first-order valence-corrected chi connectivity index (χ1v) is 14.1. The van der Waals surface area contributed by atoms with Gasteiger partial charge in [0.15, 0.2) is 0 Å². The van der Waals surface area contributed by atoms with Crippen LogP contribution in [0.4, 0.5) is 0 Å². The number of methoxy groups -OCH3 is 1. The molecule has 0 spiro atoms. The number of carbonyl (C=O) groups excluding carboxylic acids is 3. The molecular formula is C29H37NO7S. The summed E-state index contributed by atoms with van der Waals surface area (Å²) in [5.41, 5.74) is 1.06. The van der Waals surface area contributed by atoms with Gasteiger partial charge < -0.3 is 9.47 Å². The Morgan fingerprint density at radius 1 is 0.974 bits per heavy atom. The lowest BCUT2D eigenvalue weighted by atomic mass is 10.0. The maximum atomic E-state index is 13.8. The second kappa shape index (κ2) is 14.5. The minimum absolute atomic E-state index is 0.0555. The van der Waals surface area contributed by atoms with E-state index in [2.05, 4.69) is 0 Å². The molecular weight excluding hydrogens is 506 g/mol.